The molecule has 0 saturated carbocycles. The van der Waals surface area contributed by atoms with Gasteiger partial charge in [-0.15, -0.1) is 0 Å². The van der Waals surface area contributed by atoms with Gasteiger partial charge in [0, 0.05) is 11.6 Å². The van der Waals surface area contributed by atoms with Gasteiger partial charge >= 0.3 is 0 Å². The number of phenols is 1. The standard InChI is InChI=1S/C12H7F3O/c13-8-3-1-2-7(4-8)9-5-10(14)11(15)6-12(9)16/h1-6,16H. The Morgan fingerprint density at radius 2 is 1.56 bits per heavy atom. The minimum atomic E-state index is -1.14. The number of rotatable bonds is 1. The Kier molecular flexibility index (Phi) is 2.56. The van der Waals surface area contributed by atoms with Crippen LogP contribution in [0.2, 0.25) is 0 Å². The zero-order valence-corrected chi connectivity index (χ0v) is 8.05. The van der Waals surface area contributed by atoms with E-state index in [4.69, 9.17) is 0 Å². The molecule has 0 unspecified atom stereocenters. The summed E-state index contributed by atoms with van der Waals surface area (Å²) in [6.07, 6.45) is 0. The van der Waals surface area contributed by atoms with Crippen molar-refractivity contribution in [1.29, 1.82) is 0 Å². The molecule has 0 saturated heterocycles. The maximum absolute atomic E-state index is 13.0. The van der Waals surface area contributed by atoms with Gasteiger partial charge in [0.05, 0.1) is 0 Å². The molecule has 0 amide bonds. The summed E-state index contributed by atoms with van der Waals surface area (Å²) in [5.41, 5.74) is 0.342. The summed E-state index contributed by atoms with van der Waals surface area (Å²) in [5, 5.41) is 9.43. The normalized spacial score (nSPS) is 10.4. The molecule has 0 fully saturated rings. The minimum absolute atomic E-state index is 0.0541. The molecule has 0 atom stereocenters. The van der Waals surface area contributed by atoms with Crippen LogP contribution in [-0.2, 0) is 0 Å². The van der Waals surface area contributed by atoms with E-state index in [1.807, 2.05) is 0 Å². The van der Waals surface area contributed by atoms with E-state index in [-0.39, 0.29) is 11.1 Å². The Morgan fingerprint density at radius 3 is 2.25 bits per heavy atom. The molecule has 1 N–H and O–H groups in total. The van der Waals surface area contributed by atoms with Gasteiger partial charge in [0.2, 0.25) is 0 Å². The van der Waals surface area contributed by atoms with Crippen molar-refractivity contribution in [2.45, 2.75) is 0 Å². The third kappa shape index (κ3) is 1.86. The smallest absolute Gasteiger partial charge is 0.162 e. The Labute approximate surface area is 89.8 Å². The number of hydrogen-bond acceptors (Lipinski definition) is 1. The van der Waals surface area contributed by atoms with Crippen LogP contribution in [-0.4, -0.2) is 5.11 Å². The first kappa shape index (κ1) is 10.5. The summed E-state index contributed by atoms with van der Waals surface area (Å²) in [5.74, 6) is -3.17. The predicted octanol–water partition coefficient (Wildman–Crippen LogP) is 3.48. The summed E-state index contributed by atoms with van der Waals surface area (Å²) >= 11 is 0. The van der Waals surface area contributed by atoms with E-state index in [0.717, 1.165) is 12.1 Å². The monoisotopic (exact) mass is 224 g/mol. The fourth-order valence-corrected chi connectivity index (χ4v) is 1.42. The average molecular weight is 224 g/mol. The van der Waals surface area contributed by atoms with Crippen molar-refractivity contribution in [2.24, 2.45) is 0 Å². The number of aromatic hydroxyl groups is 1. The molecular formula is C12H7F3O. The van der Waals surface area contributed by atoms with Gasteiger partial charge in [0.1, 0.15) is 11.6 Å². The zero-order valence-electron chi connectivity index (χ0n) is 8.05. The van der Waals surface area contributed by atoms with Crippen LogP contribution in [0.1, 0.15) is 0 Å². The minimum Gasteiger partial charge on any atom is -0.507 e. The summed E-state index contributed by atoms with van der Waals surface area (Å²) in [6.45, 7) is 0. The van der Waals surface area contributed by atoms with E-state index in [1.165, 1.54) is 18.2 Å². The van der Waals surface area contributed by atoms with Gasteiger partial charge in [-0.2, -0.15) is 0 Å². The van der Waals surface area contributed by atoms with Gasteiger partial charge in [-0.1, -0.05) is 12.1 Å². The fourth-order valence-electron chi connectivity index (χ4n) is 1.42. The lowest BCUT2D eigenvalue weighted by atomic mass is 10.0. The van der Waals surface area contributed by atoms with Crippen LogP contribution in [0.5, 0.6) is 5.75 Å². The maximum atomic E-state index is 13.0. The van der Waals surface area contributed by atoms with E-state index >= 15 is 0 Å². The van der Waals surface area contributed by atoms with E-state index in [0.29, 0.717) is 6.07 Å². The SMILES string of the molecule is Oc1cc(F)c(F)cc1-c1cccc(F)c1. The van der Waals surface area contributed by atoms with Gasteiger partial charge < -0.3 is 5.11 Å². The molecule has 0 heterocycles. The average Bonchev–Trinajstić information content (AvgIpc) is 2.23. The molecule has 2 aromatic carbocycles. The first-order valence-electron chi connectivity index (χ1n) is 4.52. The van der Waals surface area contributed by atoms with Crippen molar-refractivity contribution in [2.75, 3.05) is 0 Å². The van der Waals surface area contributed by atoms with Gasteiger partial charge in [0.25, 0.3) is 0 Å². The maximum Gasteiger partial charge on any atom is 0.162 e. The lowest BCUT2D eigenvalue weighted by Gasteiger charge is -2.05. The van der Waals surface area contributed by atoms with Crippen molar-refractivity contribution >= 4 is 0 Å². The third-order valence-electron chi connectivity index (χ3n) is 2.17. The predicted molar refractivity (Wildman–Crippen MR) is 53.4 cm³/mol. The summed E-state index contributed by atoms with van der Waals surface area (Å²) < 4.78 is 38.6. The van der Waals surface area contributed by atoms with Crippen LogP contribution in [0.3, 0.4) is 0 Å². The molecule has 16 heavy (non-hydrogen) atoms. The Hall–Kier alpha value is -1.97. The third-order valence-corrected chi connectivity index (χ3v) is 2.17. The summed E-state index contributed by atoms with van der Waals surface area (Å²) in [4.78, 5) is 0. The molecule has 0 aliphatic rings. The quantitative estimate of drug-likeness (QED) is 0.786. The second-order valence-electron chi connectivity index (χ2n) is 3.29. The largest absolute Gasteiger partial charge is 0.507 e. The fraction of sp³-hybridized carbons (Fsp3) is 0. The molecule has 2 aromatic rings. The van der Waals surface area contributed by atoms with Gasteiger partial charge in [-0.3, -0.25) is 0 Å². The number of hydrogen-bond donors (Lipinski definition) is 1. The van der Waals surface area contributed by atoms with E-state index in [1.54, 1.807) is 0 Å². The van der Waals surface area contributed by atoms with Crippen LogP contribution >= 0.6 is 0 Å². The summed E-state index contributed by atoms with van der Waals surface area (Å²) in [6, 6.07) is 6.77. The van der Waals surface area contributed by atoms with E-state index < -0.39 is 23.2 Å². The topological polar surface area (TPSA) is 20.2 Å². The van der Waals surface area contributed by atoms with Crippen LogP contribution in [0.25, 0.3) is 11.1 Å². The van der Waals surface area contributed by atoms with Crippen LogP contribution < -0.4 is 0 Å². The zero-order chi connectivity index (χ0) is 11.7. The van der Waals surface area contributed by atoms with E-state index in [9.17, 15) is 18.3 Å². The van der Waals surface area contributed by atoms with Gasteiger partial charge in [-0.25, -0.2) is 13.2 Å². The van der Waals surface area contributed by atoms with E-state index in [2.05, 4.69) is 0 Å². The van der Waals surface area contributed by atoms with Crippen LogP contribution in [0.4, 0.5) is 13.2 Å². The van der Waals surface area contributed by atoms with Gasteiger partial charge in [-0.05, 0) is 23.8 Å². The second kappa shape index (κ2) is 3.89. The highest BCUT2D eigenvalue weighted by molar-refractivity contribution is 5.70. The molecule has 0 spiro atoms. The van der Waals surface area contributed by atoms with Gasteiger partial charge in [0.15, 0.2) is 11.6 Å². The van der Waals surface area contributed by atoms with Crippen molar-refractivity contribution in [1.82, 2.24) is 0 Å². The van der Waals surface area contributed by atoms with Crippen molar-refractivity contribution in [3.63, 3.8) is 0 Å². The second-order valence-corrected chi connectivity index (χ2v) is 3.29. The molecule has 1 nitrogen and oxygen atoms in total. The highest BCUT2D eigenvalue weighted by atomic mass is 19.2. The molecule has 0 aliphatic heterocycles. The molecule has 0 aromatic heterocycles. The molecule has 0 radical (unpaired) electrons. The lowest BCUT2D eigenvalue weighted by molar-refractivity contribution is 0.457. The molecular weight excluding hydrogens is 217 g/mol. The molecule has 0 aliphatic carbocycles. The van der Waals surface area contributed by atoms with Crippen molar-refractivity contribution < 1.29 is 18.3 Å². The lowest BCUT2D eigenvalue weighted by Crippen LogP contribution is -1.87. The number of benzene rings is 2. The molecule has 4 heteroatoms. The Balaban J connectivity index is 2.60. The molecule has 0 bridgehead atoms. The summed E-state index contributed by atoms with van der Waals surface area (Å²) in [7, 11) is 0. The highest BCUT2D eigenvalue weighted by Gasteiger charge is 2.11. The molecule has 2 rings (SSSR count). The van der Waals surface area contributed by atoms with Crippen molar-refractivity contribution in [3.05, 3.63) is 53.8 Å². The first-order chi connectivity index (χ1) is 7.58. The Bertz CT molecular complexity index is 538. The van der Waals surface area contributed by atoms with Crippen molar-refractivity contribution in [3.8, 4) is 16.9 Å². The first-order valence-corrected chi connectivity index (χ1v) is 4.52. The molecule has 82 valence electrons. The highest BCUT2D eigenvalue weighted by Crippen LogP contribution is 2.31. The number of halogens is 3. The Morgan fingerprint density at radius 1 is 0.875 bits per heavy atom. The van der Waals surface area contributed by atoms with Crippen LogP contribution in [0.15, 0.2) is 36.4 Å². The van der Waals surface area contributed by atoms with Crippen LogP contribution in [0, 0.1) is 17.5 Å². The number of phenolic OH excluding ortho intramolecular Hbond substituents is 1.